The second-order valence-corrected chi connectivity index (χ2v) is 9.02. The second-order valence-electron chi connectivity index (χ2n) is 8.61. The van der Waals surface area contributed by atoms with Crippen LogP contribution in [-0.4, -0.2) is 34.7 Å². The molecule has 2 N–H and O–H groups in total. The molecule has 28 heavy (non-hydrogen) atoms. The zero-order valence-electron chi connectivity index (χ0n) is 16.6. The summed E-state index contributed by atoms with van der Waals surface area (Å²) in [5.74, 6) is -1.70. The molecule has 0 saturated carbocycles. The number of benzene rings is 1. The van der Waals surface area contributed by atoms with Gasteiger partial charge in [0.25, 0.3) is 0 Å². The van der Waals surface area contributed by atoms with E-state index in [1.54, 1.807) is 12.1 Å². The SMILES string of the molecule is CC[C@H](C)N1C(=O)[C@@H]2[C@H](CC(C)C)N[C@]3(C(=O)Nc4c(Cl)cccc43)[C@H]2C1=O. The molecule has 150 valence electrons. The lowest BCUT2D eigenvalue weighted by molar-refractivity contribution is -0.145. The summed E-state index contributed by atoms with van der Waals surface area (Å²) in [5.41, 5.74) is -0.0503. The Morgan fingerprint density at radius 2 is 1.89 bits per heavy atom. The number of carbonyl (C=O) groups is 3. The van der Waals surface area contributed by atoms with Gasteiger partial charge in [-0.25, -0.2) is 0 Å². The van der Waals surface area contributed by atoms with Gasteiger partial charge in [0, 0.05) is 17.6 Å². The van der Waals surface area contributed by atoms with Gasteiger partial charge >= 0.3 is 0 Å². The number of amides is 3. The lowest BCUT2D eigenvalue weighted by atomic mass is 9.76. The van der Waals surface area contributed by atoms with Gasteiger partial charge < -0.3 is 5.32 Å². The fourth-order valence-corrected chi connectivity index (χ4v) is 5.36. The van der Waals surface area contributed by atoms with Crippen LogP contribution in [0.15, 0.2) is 18.2 Å². The van der Waals surface area contributed by atoms with Crippen molar-refractivity contribution in [3.63, 3.8) is 0 Å². The lowest BCUT2D eigenvalue weighted by Crippen LogP contribution is -2.54. The molecule has 5 atom stereocenters. The summed E-state index contributed by atoms with van der Waals surface area (Å²) in [4.78, 5) is 41.5. The quantitative estimate of drug-likeness (QED) is 0.757. The van der Waals surface area contributed by atoms with Gasteiger partial charge in [0.2, 0.25) is 17.7 Å². The van der Waals surface area contributed by atoms with Crippen molar-refractivity contribution in [2.24, 2.45) is 17.8 Å². The molecular weight excluding hydrogens is 378 g/mol. The van der Waals surface area contributed by atoms with Gasteiger partial charge in [-0.1, -0.05) is 44.5 Å². The van der Waals surface area contributed by atoms with Crippen molar-refractivity contribution in [1.82, 2.24) is 10.2 Å². The maximum absolute atomic E-state index is 13.5. The molecule has 3 aliphatic heterocycles. The first kappa shape index (κ1) is 19.4. The molecular formula is C21H26ClN3O3. The van der Waals surface area contributed by atoms with E-state index in [2.05, 4.69) is 24.5 Å². The van der Waals surface area contributed by atoms with Crippen molar-refractivity contribution in [3.05, 3.63) is 28.8 Å². The van der Waals surface area contributed by atoms with Crippen LogP contribution in [0, 0.1) is 17.8 Å². The van der Waals surface area contributed by atoms with E-state index >= 15 is 0 Å². The molecule has 0 aromatic heterocycles. The number of anilines is 1. The van der Waals surface area contributed by atoms with Gasteiger partial charge in [-0.3, -0.25) is 24.6 Å². The maximum Gasteiger partial charge on any atom is 0.250 e. The van der Waals surface area contributed by atoms with E-state index in [0.29, 0.717) is 35.0 Å². The fraction of sp³-hybridized carbons (Fsp3) is 0.571. The third-order valence-electron chi connectivity index (χ3n) is 6.49. The van der Waals surface area contributed by atoms with E-state index in [1.807, 2.05) is 19.9 Å². The van der Waals surface area contributed by atoms with E-state index in [4.69, 9.17) is 11.6 Å². The van der Waals surface area contributed by atoms with Crippen molar-refractivity contribution in [2.75, 3.05) is 5.32 Å². The maximum atomic E-state index is 13.5. The molecule has 2 saturated heterocycles. The minimum atomic E-state index is -1.25. The Morgan fingerprint density at radius 1 is 1.18 bits per heavy atom. The van der Waals surface area contributed by atoms with E-state index in [9.17, 15) is 14.4 Å². The highest BCUT2D eigenvalue weighted by atomic mass is 35.5. The molecule has 4 rings (SSSR count). The summed E-state index contributed by atoms with van der Waals surface area (Å²) in [6.07, 6.45) is 1.39. The summed E-state index contributed by atoms with van der Waals surface area (Å²) in [5, 5.41) is 6.73. The topological polar surface area (TPSA) is 78.5 Å². The predicted octanol–water partition coefficient (Wildman–Crippen LogP) is 2.91. The van der Waals surface area contributed by atoms with Gasteiger partial charge in [0.15, 0.2) is 0 Å². The molecule has 1 aromatic carbocycles. The third-order valence-corrected chi connectivity index (χ3v) is 6.81. The Hall–Kier alpha value is -1.92. The highest BCUT2D eigenvalue weighted by molar-refractivity contribution is 6.35. The first-order valence-corrected chi connectivity index (χ1v) is 10.4. The fourth-order valence-electron chi connectivity index (χ4n) is 5.14. The van der Waals surface area contributed by atoms with E-state index < -0.39 is 17.4 Å². The molecule has 1 spiro atoms. The van der Waals surface area contributed by atoms with Gasteiger partial charge in [-0.05, 0) is 31.7 Å². The van der Waals surface area contributed by atoms with Crippen LogP contribution < -0.4 is 10.6 Å². The number of rotatable bonds is 4. The number of imide groups is 1. The van der Waals surface area contributed by atoms with Crippen molar-refractivity contribution in [1.29, 1.82) is 0 Å². The highest BCUT2D eigenvalue weighted by Gasteiger charge is 2.70. The zero-order valence-corrected chi connectivity index (χ0v) is 17.3. The van der Waals surface area contributed by atoms with Crippen LogP contribution in [0.3, 0.4) is 0 Å². The van der Waals surface area contributed by atoms with Crippen LogP contribution in [0.2, 0.25) is 5.02 Å². The number of nitrogens with one attached hydrogen (secondary N) is 2. The smallest absolute Gasteiger partial charge is 0.250 e. The number of para-hydroxylation sites is 1. The minimum Gasteiger partial charge on any atom is -0.323 e. The van der Waals surface area contributed by atoms with Gasteiger partial charge in [0.1, 0.15) is 5.54 Å². The monoisotopic (exact) mass is 403 g/mol. The van der Waals surface area contributed by atoms with E-state index in [1.165, 1.54) is 4.90 Å². The number of likely N-dealkylation sites (tertiary alicyclic amines) is 1. The summed E-state index contributed by atoms with van der Waals surface area (Å²) in [7, 11) is 0. The summed E-state index contributed by atoms with van der Waals surface area (Å²) >= 11 is 6.32. The number of carbonyl (C=O) groups excluding carboxylic acids is 3. The summed E-state index contributed by atoms with van der Waals surface area (Å²) in [6.45, 7) is 7.99. The van der Waals surface area contributed by atoms with Crippen molar-refractivity contribution >= 4 is 35.0 Å². The Morgan fingerprint density at radius 3 is 2.54 bits per heavy atom. The highest BCUT2D eigenvalue weighted by Crippen LogP contribution is 2.55. The molecule has 2 fully saturated rings. The number of hydrogen-bond acceptors (Lipinski definition) is 4. The predicted molar refractivity (Wildman–Crippen MR) is 107 cm³/mol. The molecule has 7 heteroatoms. The average molecular weight is 404 g/mol. The zero-order chi connectivity index (χ0) is 20.4. The molecule has 3 heterocycles. The Labute approximate surface area is 170 Å². The third kappa shape index (κ3) is 2.40. The molecule has 0 bridgehead atoms. The van der Waals surface area contributed by atoms with Crippen molar-refractivity contribution in [2.45, 2.75) is 58.2 Å². The molecule has 0 radical (unpaired) electrons. The molecule has 0 aliphatic carbocycles. The van der Waals surface area contributed by atoms with Crippen LogP contribution in [-0.2, 0) is 19.9 Å². The molecule has 0 unspecified atom stereocenters. The van der Waals surface area contributed by atoms with Crippen LogP contribution in [0.5, 0.6) is 0 Å². The van der Waals surface area contributed by atoms with Gasteiger partial charge in [-0.15, -0.1) is 0 Å². The molecule has 3 aliphatic rings. The Bertz CT molecular complexity index is 870. The van der Waals surface area contributed by atoms with Crippen LogP contribution >= 0.6 is 11.6 Å². The molecule has 1 aromatic rings. The van der Waals surface area contributed by atoms with E-state index in [0.717, 1.165) is 0 Å². The Balaban J connectivity index is 1.89. The number of halogens is 1. The second kappa shape index (κ2) is 6.56. The standard InChI is InChI=1S/C21H26ClN3O3/c1-5-11(4)25-18(26)15-14(9-10(2)3)24-21(16(15)19(25)27)12-7-6-8-13(22)17(12)23-20(21)28/h6-8,10-11,14-16,24H,5,9H2,1-4H3,(H,23,28)/t11-,14-,15+,16+,21-/m0/s1. The number of hydrogen-bond donors (Lipinski definition) is 2. The van der Waals surface area contributed by atoms with Crippen LogP contribution in [0.4, 0.5) is 5.69 Å². The summed E-state index contributed by atoms with van der Waals surface area (Å²) in [6, 6.07) is 4.88. The average Bonchev–Trinajstić information content (AvgIpc) is 3.21. The van der Waals surface area contributed by atoms with Crippen LogP contribution in [0.1, 0.15) is 46.1 Å². The van der Waals surface area contributed by atoms with Crippen molar-refractivity contribution in [3.8, 4) is 0 Å². The lowest BCUT2D eigenvalue weighted by Gasteiger charge is -2.31. The largest absolute Gasteiger partial charge is 0.323 e. The Kier molecular flexibility index (Phi) is 4.55. The van der Waals surface area contributed by atoms with E-state index in [-0.39, 0.29) is 29.8 Å². The first-order chi connectivity index (χ1) is 13.2. The number of fused-ring (bicyclic) bond motifs is 4. The number of nitrogens with zero attached hydrogens (tertiary/aromatic N) is 1. The normalized spacial score (nSPS) is 32.3. The molecule has 3 amide bonds. The molecule has 6 nitrogen and oxygen atoms in total. The minimum absolute atomic E-state index is 0.164. The first-order valence-electron chi connectivity index (χ1n) is 9.99. The summed E-state index contributed by atoms with van der Waals surface area (Å²) < 4.78 is 0. The van der Waals surface area contributed by atoms with Gasteiger partial charge in [0.05, 0.1) is 22.5 Å². The van der Waals surface area contributed by atoms with Gasteiger partial charge in [-0.2, -0.15) is 0 Å². The van der Waals surface area contributed by atoms with Crippen molar-refractivity contribution < 1.29 is 14.4 Å². The van der Waals surface area contributed by atoms with Crippen LogP contribution in [0.25, 0.3) is 0 Å².